The van der Waals surface area contributed by atoms with Gasteiger partial charge in [0.25, 0.3) is 30.4 Å². The Kier molecular flexibility index (Phi) is 15.2. The Bertz CT molecular complexity index is 1290. The van der Waals surface area contributed by atoms with Crippen LogP contribution in [0.2, 0.25) is 0 Å². The Hall–Kier alpha value is -0.880. The number of fused-ring (bicyclic) bond motifs is 7. The monoisotopic (exact) mass is 746 g/mol. The van der Waals surface area contributed by atoms with Gasteiger partial charge in [-0.15, -0.1) is 0 Å². The first-order valence-electron chi connectivity index (χ1n) is 18.1. The molecule has 48 heavy (non-hydrogen) atoms. The molecule has 10 fully saturated rings. The maximum absolute atomic E-state index is 11.3. The van der Waals surface area contributed by atoms with Gasteiger partial charge in [-0.1, -0.05) is 55.4 Å². The third-order valence-electron chi connectivity index (χ3n) is 9.94. The molecule has 10 aliphatic rings. The SMILES string of the molecule is CC.CC.CC.CC.O=C1OCC2C3CCC(O3)C12.O=S1(=O)CCCO1.O=S1(=O)OC2CC3CC1C2O3.O=S1(=O)OC2CC3CC2C1C3. The molecule has 2 saturated carbocycles. The van der Waals surface area contributed by atoms with Crippen molar-refractivity contribution in [3.8, 4) is 0 Å². The van der Waals surface area contributed by atoms with Gasteiger partial charge in [-0.3, -0.25) is 17.3 Å². The molecule has 12 unspecified atom stereocenters. The van der Waals surface area contributed by atoms with Crippen molar-refractivity contribution >= 4 is 36.3 Å². The molecular weight excluding hydrogens is 689 g/mol. The van der Waals surface area contributed by atoms with Crippen molar-refractivity contribution in [2.45, 2.75) is 154 Å². The number of hydrogen-bond acceptors (Lipinski definition) is 13. The molecule has 2 aliphatic carbocycles. The molecule has 282 valence electrons. The van der Waals surface area contributed by atoms with Crippen LogP contribution in [0.5, 0.6) is 0 Å². The van der Waals surface area contributed by atoms with Crippen molar-refractivity contribution in [2.24, 2.45) is 23.7 Å². The van der Waals surface area contributed by atoms with E-state index in [9.17, 15) is 30.0 Å². The minimum absolute atomic E-state index is 0.0257. The molecule has 12 atom stereocenters. The molecule has 0 aromatic rings. The zero-order valence-electron chi connectivity index (χ0n) is 29.7. The highest BCUT2D eigenvalue weighted by Gasteiger charge is 2.61. The average molecular weight is 747 g/mol. The summed E-state index contributed by atoms with van der Waals surface area (Å²) < 4.78 is 95.5. The van der Waals surface area contributed by atoms with Crippen LogP contribution in [0.15, 0.2) is 0 Å². The number of esters is 1. The lowest BCUT2D eigenvalue weighted by atomic mass is 9.81. The molecule has 6 bridgehead atoms. The van der Waals surface area contributed by atoms with Crippen molar-refractivity contribution in [3.63, 3.8) is 0 Å². The predicted molar refractivity (Wildman–Crippen MR) is 179 cm³/mol. The van der Waals surface area contributed by atoms with Crippen LogP contribution in [-0.4, -0.2) is 97.3 Å². The van der Waals surface area contributed by atoms with Crippen LogP contribution in [0.4, 0.5) is 0 Å². The quantitative estimate of drug-likeness (QED) is 0.253. The smallest absolute Gasteiger partial charge is 0.312 e. The lowest BCUT2D eigenvalue weighted by Crippen LogP contribution is -2.27. The van der Waals surface area contributed by atoms with Crippen molar-refractivity contribution in [3.05, 3.63) is 0 Å². The van der Waals surface area contributed by atoms with E-state index in [-0.39, 0.29) is 58.7 Å². The Labute approximate surface area is 288 Å². The molecule has 0 amide bonds. The second-order valence-corrected chi connectivity index (χ2v) is 17.6. The molecule has 0 aromatic carbocycles. The Morgan fingerprint density at radius 2 is 1.25 bits per heavy atom. The largest absolute Gasteiger partial charge is 0.465 e. The van der Waals surface area contributed by atoms with E-state index in [0.717, 1.165) is 38.5 Å². The van der Waals surface area contributed by atoms with Gasteiger partial charge in [0.15, 0.2) is 0 Å². The molecule has 16 heteroatoms. The second-order valence-electron chi connectivity index (χ2n) is 12.3. The maximum atomic E-state index is 11.3. The zero-order valence-corrected chi connectivity index (χ0v) is 32.2. The van der Waals surface area contributed by atoms with Gasteiger partial charge in [-0.05, 0) is 50.9 Å². The number of carbonyl (C=O) groups is 1. The summed E-state index contributed by atoms with van der Waals surface area (Å²) in [6, 6.07) is 0. The fourth-order valence-corrected chi connectivity index (χ4v) is 12.8. The molecule has 8 saturated heterocycles. The highest BCUT2D eigenvalue weighted by atomic mass is 32.2. The number of ether oxygens (including phenoxy) is 3. The standard InChI is InChI=1S/C8H10O3.C7H10O3S.C6H8O4S.C3H6O3S.4C2H6/c9-8-7-4(3-10-8)5-1-2-6(7)11-5;8-11(9)7-3-4-1-5(7)6(2-4)10-11;7-11(8)5-2-3-1-4(10-11)6(5)9-3;4-7(5)3-1-2-6-7;4*1-2/h2*4-7H,1-3H2;3-6H,1-2H2;1-3H2;4*1-2H3. The summed E-state index contributed by atoms with van der Waals surface area (Å²) in [7, 11) is -9.43. The lowest BCUT2D eigenvalue weighted by molar-refractivity contribution is -0.143. The zero-order chi connectivity index (χ0) is 36.0. The van der Waals surface area contributed by atoms with Gasteiger partial charge in [0.2, 0.25) is 0 Å². The number of rotatable bonds is 0. The molecule has 8 heterocycles. The van der Waals surface area contributed by atoms with Crippen LogP contribution >= 0.6 is 0 Å². The molecule has 13 nitrogen and oxygen atoms in total. The van der Waals surface area contributed by atoms with Gasteiger partial charge in [0.1, 0.15) is 17.5 Å². The summed E-state index contributed by atoms with van der Waals surface area (Å²) in [4.78, 5) is 11.1. The highest BCUT2D eigenvalue weighted by Crippen LogP contribution is 2.54. The van der Waals surface area contributed by atoms with Gasteiger partial charge in [-0.2, -0.15) is 25.3 Å². The van der Waals surface area contributed by atoms with E-state index in [1.807, 2.05) is 55.4 Å². The highest BCUT2D eigenvalue weighted by molar-refractivity contribution is 7.88. The topological polar surface area (TPSA) is 175 Å². The third-order valence-corrected chi connectivity index (χ3v) is 14.8. The van der Waals surface area contributed by atoms with Crippen molar-refractivity contribution in [2.75, 3.05) is 19.0 Å². The van der Waals surface area contributed by atoms with Crippen molar-refractivity contribution in [1.82, 2.24) is 0 Å². The predicted octanol–water partition coefficient (Wildman–Crippen LogP) is 4.34. The number of cyclic esters (lactones) is 1. The minimum atomic E-state index is -3.26. The Morgan fingerprint density at radius 3 is 1.71 bits per heavy atom. The van der Waals surface area contributed by atoms with E-state index < -0.39 is 30.4 Å². The van der Waals surface area contributed by atoms with Crippen molar-refractivity contribution in [1.29, 1.82) is 0 Å². The molecule has 0 radical (unpaired) electrons. The molecule has 8 aliphatic heterocycles. The average Bonchev–Trinajstić information content (AvgIpc) is 3.93. The first kappa shape index (κ1) is 41.5. The van der Waals surface area contributed by atoms with Crippen LogP contribution < -0.4 is 0 Å². The van der Waals surface area contributed by atoms with Gasteiger partial charge in [0, 0.05) is 18.3 Å². The van der Waals surface area contributed by atoms with E-state index in [1.54, 1.807) is 0 Å². The summed E-state index contributed by atoms with van der Waals surface area (Å²) in [6.45, 7) is 17.0. The summed E-state index contributed by atoms with van der Waals surface area (Å²) in [5, 5.41) is -0.488. The van der Waals surface area contributed by atoms with Gasteiger partial charge < -0.3 is 14.2 Å². The second kappa shape index (κ2) is 17.6. The van der Waals surface area contributed by atoms with Crippen LogP contribution in [0.3, 0.4) is 0 Å². The molecular formula is C32H58O13S3. The molecule has 0 spiro atoms. The van der Waals surface area contributed by atoms with Gasteiger partial charge >= 0.3 is 5.97 Å². The minimum Gasteiger partial charge on any atom is -0.465 e. The summed E-state index contributed by atoms with van der Waals surface area (Å²) in [6.07, 6.45) is 7.61. The summed E-state index contributed by atoms with van der Waals surface area (Å²) in [5.74, 6) is 1.65. The molecule has 10 rings (SSSR count). The van der Waals surface area contributed by atoms with Crippen molar-refractivity contribution < 1.29 is 56.8 Å². The lowest BCUT2D eigenvalue weighted by Gasteiger charge is -2.14. The van der Waals surface area contributed by atoms with Crippen LogP contribution in [-0.2, 0) is 61.9 Å². The van der Waals surface area contributed by atoms with E-state index in [1.165, 1.54) is 0 Å². The van der Waals surface area contributed by atoms with E-state index in [2.05, 4.69) is 4.18 Å². The summed E-state index contributed by atoms with van der Waals surface area (Å²) >= 11 is 0. The van der Waals surface area contributed by atoms with Crippen LogP contribution in [0.1, 0.15) is 107 Å². The van der Waals surface area contributed by atoms with Crippen LogP contribution in [0, 0.1) is 23.7 Å². The first-order valence-corrected chi connectivity index (χ1v) is 22.6. The van der Waals surface area contributed by atoms with E-state index >= 15 is 0 Å². The Balaban J connectivity index is 0.000000164. The molecule has 0 aromatic heterocycles. The van der Waals surface area contributed by atoms with Gasteiger partial charge in [-0.25, -0.2) is 0 Å². The maximum Gasteiger partial charge on any atom is 0.312 e. The Morgan fingerprint density at radius 1 is 0.625 bits per heavy atom. The fraction of sp³-hybridized carbons (Fsp3) is 0.969. The third kappa shape index (κ3) is 8.76. The normalized spacial score (nSPS) is 42.9. The fourth-order valence-electron chi connectivity index (χ4n) is 8.23. The summed E-state index contributed by atoms with van der Waals surface area (Å²) in [5.41, 5.74) is 0. The van der Waals surface area contributed by atoms with Crippen LogP contribution in [0.25, 0.3) is 0 Å². The number of hydrogen-bond donors (Lipinski definition) is 0. The van der Waals surface area contributed by atoms with Gasteiger partial charge in [0.05, 0.1) is 54.6 Å². The molecule has 0 N–H and O–H groups in total. The van der Waals surface area contributed by atoms with E-state index in [4.69, 9.17) is 22.6 Å². The number of carbonyl (C=O) groups excluding carboxylic acids is 1. The van der Waals surface area contributed by atoms with E-state index in [0.29, 0.717) is 49.9 Å². The first-order chi connectivity index (χ1) is 22.9.